The van der Waals surface area contributed by atoms with Gasteiger partial charge in [0.2, 0.25) is 17.7 Å². The number of rotatable bonds is 13. The number of alkyl carbamates (subject to hydrolysis) is 1. The summed E-state index contributed by atoms with van der Waals surface area (Å²) in [5.41, 5.74) is 0.251. The van der Waals surface area contributed by atoms with Gasteiger partial charge in [-0.2, -0.15) is 0 Å². The molecule has 0 aliphatic carbocycles. The third-order valence-electron chi connectivity index (χ3n) is 5.87. The van der Waals surface area contributed by atoms with Crippen molar-refractivity contribution in [2.45, 2.75) is 84.0 Å². The van der Waals surface area contributed by atoms with Crippen LogP contribution in [0.3, 0.4) is 0 Å². The summed E-state index contributed by atoms with van der Waals surface area (Å²) in [6.07, 6.45) is 1.17. The van der Waals surface area contributed by atoms with Crippen molar-refractivity contribution >= 4 is 35.2 Å². The molecule has 4 N–H and O–H groups in total. The Morgan fingerprint density at radius 1 is 0.878 bits per heavy atom. The Hall–Kier alpha value is -4.48. The van der Waals surface area contributed by atoms with Crippen LogP contribution in [0.25, 0.3) is 0 Å². The second kappa shape index (κ2) is 15.3. The van der Waals surface area contributed by atoms with Crippen LogP contribution in [0.2, 0.25) is 0 Å². The highest BCUT2D eigenvalue weighted by Crippen LogP contribution is 2.16. The summed E-state index contributed by atoms with van der Waals surface area (Å²) in [5, 5.41) is 21.4. The van der Waals surface area contributed by atoms with Gasteiger partial charge in [-0.15, -0.1) is 0 Å². The van der Waals surface area contributed by atoms with Crippen molar-refractivity contribution in [2.24, 2.45) is 0 Å². The lowest BCUT2D eigenvalue weighted by atomic mass is 10.0. The highest BCUT2D eigenvalue weighted by Gasteiger charge is 2.29. The van der Waals surface area contributed by atoms with E-state index < -0.39 is 52.5 Å². The first-order chi connectivity index (χ1) is 19.3. The maximum atomic E-state index is 13.2. The number of non-ortho nitro benzene ring substituents is 1. The van der Waals surface area contributed by atoms with E-state index in [1.807, 2.05) is 37.3 Å². The van der Waals surface area contributed by atoms with Gasteiger partial charge in [0.25, 0.3) is 5.69 Å². The van der Waals surface area contributed by atoms with E-state index in [9.17, 15) is 29.3 Å². The fourth-order valence-corrected chi connectivity index (χ4v) is 3.76. The number of carbonyl (C=O) groups is 4. The van der Waals surface area contributed by atoms with Crippen LogP contribution >= 0.6 is 0 Å². The van der Waals surface area contributed by atoms with Crippen LogP contribution in [-0.4, -0.2) is 52.5 Å². The molecular weight excluding hydrogens is 530 g/mol. The maximum absolute atomic E-state index is 13.2. The summed E-state index contributed by atoms with van der Waals surface area (Å²) in [4.78, 5) is 61.9. The number of anilines is 1. The molecule has 41 heavy (non-hydrogen) atoms. The van der Waals surface area contributed by atoms with Crippen molar-refractivity contribution in [3.05, 3.63) is 70.3 Å². The molecule has 0 radical (unpaired) electrons. The summed E-state index contributed by atoms with van der Waals surface area (Å²) < 4.78 is 5.30. The van der Waals surface area contributed by atoms with Crippen molar-refractivity contribution in [1.29, 1.82) is 0 Å². The molecule has 2 aromatic carbocycles. The van der Waals surface area contributed by atoms with Gasteiger partial charge in [0.05, 0.1) is 4.92 Å². The molecule has 0 saturated carbocycles. The Morgan fingerprint density at radius 3 is 2.07 bits per heavy atom. The highest BCUT2D eigenvalue weighted by molar-refractivity contribution is 5.98. The molecule has 12 nitrogen and oxygen atoms in total. The number of ether oxygens (including phenoxy) is 1. The van der Waals surface area contributed by atoms with Crippen molar-refractivity contribution in [1.82, 2.24) is 16.0 Å². The smallest absolute Gasteiger partial charge is 0.408 e. The molecule has 12 heteroatoms. The normalized spacial score (nSPS) is 13.2. The molecule has 0 fully saturated rings. The minimum atomic E-state index is -1.03. The SMILES string of the molecule is CCCC[C@H](NC(=O)[C@@H](C)NC(=O)[C@@H](Cc1ccccc1)NC(=O)OC(C)(C)C)C(=O)Nc1ccc([N+](=O)[O-])cc1. The number of nitro groups is 1. The number of nitrogens with one attached hydrogen (secondary N) is 4. The second-order valence-corrected chi connectivity index (χ2v) is 10.6. The summed E-state index contributed by atoms with van der Waals surface area (Å²) in [5.74, 6) is -1.68. The molecule has 3 atom stereocenters. The van der Waals surface area contributed by atoms with Gasteiger partial charge in [0, 0.05) is 24.2 Å². The summed E-state index contributed by atoms with van der Waals surface area (Å²) in [6.45, 7) is 8.54. The van der Waals surface area contributed by atoms with Gasteiger partial charge >= 0.3 is 6.09 Å². The van der Waals surface area contributed by atoms with E-state index in [0.717, 1.165) is 12.0 Å². The van der Waals surface area contributed by atoms with E-state index in [1.165, 1.54) is 31.2 Å². The van der Waals surface area contributed by atoms with E-state index in [0.29, 0.717) is 18.5 Å². The number of unbranched alkanes of at least 4 members (excludes halogenated alkanes) is 1. The Bertz CT molecular complexity index is 1200. The number of hydrogen-bond donors (Lipinski definition) is 4. The van der Waals surface area contributed by atoms with Gasteiger partial charge in [0.1, 0.15) is 23.7 Å². The maximum Gasteiger partial charge on any atom is 0.408 e. The topological polar surface area (TPSA) is 169 Å². The molecule has 4 amide bonds. The van der Waals surface area contributed by atoms with Gasteiger partial charge < -0.3 is 26.0 Å². The molecule has 0 aromatic heterocycles. The molecule has 0 aliphatic heterocycles. The number of benzene rings is 2. The van der Waals surface area contributed by atoms with E-state index >= 15 is 0 Å². The minimum Gasteiger partial charge on any atom is -0.444 e. The van der Waals surface area contributed by atoms with E-state index in [4.69, 9.17) is 4.74 Å². The first-order valence-corrected chi connectivity index (χ1v) is 13.5. The zero-order chi connectivity index (χ0) is 30.6. The Labute approximate surface area is 239 Å². The molecule has 2 aromatic rings. The van der Waals surface area contributed by atoms with Crippen LogP contribution in [-0.2, 0) is 25.5 Å². The molecule has 0 saturated heterocycles. The van der Waals surface area contributed by atoms with E-state index in [1.54, 1.807) is 20.8 Å². The quantitative estimate of drug-likeness (QED) is 0.210. The molecule has 0 heterocycles. The van der Waals surface area contributed by atoms with Crippen LogP contribution in [0, 0.1) is 10.1 Å². The van der Waals surface area contributed by atoms with E-state index in [-0.39, 0.29) is 12.1 Å². The fourth-order valence-electron chi connectivity index (χ4n) is 3.76. The highest BCUT2D eigenvalue weighted by atomic mass is 16.6. The van der Waals surface area contributed by atoms with Gasteiger partial charge in [-0.25, -0.2) is 4.79 Å². The lowest BCUT2D eigenvalue weighted by Crippen LogP contribution is -2.56. The molecule has 0 aliphatic rings. The predicted molar refractivity (Wildman–Crippen MR) is 154 cm³/mol. The second-order valence-electron chi connectivity index (χ2n) is 10.6. The van der Waals surface area contributed by atoms with Crippen molar-refractivity contribution in [3.8, 4) is 0 Å². The zero-order valence-corrected chi connectivity index (χ0v) is 24.1. The Morgan fingerprint density at radius 2 is 1.51 bits per heavy atom. The lowest BCUT2D eigenvalue weighted by Gasteiger charge is -2.25. The first kappa shape index (κ1) is 32.7. The number of carbonyl (C=O) groups excluding carboxylic acids is 4. The zero-order valence-electron chi connectivity index (χ0n) is 24.1. The van der Waals surface area contributed by atoms with E-state index in [2.05, 4.69) is 21.3 Å². The van der Waals surface area contributed by atoms with Crippen LogP contribution in [0.15, 0.2) is 54.6 Å². The number of nitro benzene ring substituents is 1. The number of nitrogens with zero attached hydrogens (tertiary/aromatic N) is 1. The third kappa shape index (κ3) is 11.7. The van der Waals surface area contributed by atoms with Crippen LogP contribution < -0.4 is 21.3 Å². The fraction of sp³-hybridized carbons (Fsp3) is 0.448. The molecular formula is C29H39N5O7. The standard InChI is InChI=1S/C29H39N5O7/c1-6-7-13-23(26(36)31-21-14-16-22(17-15-21)34(39)40)32-25(35)19(2)30-27(37)24(18-20-11-9-8-10-12-20)33-28(38)41-29(3,4)5/h8-12,14-17,19,23-24H,6-7,13,18H2,1-5H3,(H,30,37)(H,31,36)(H,32,35)(H,33,38)/t19-,23+,24-/m1/s1. The minimum absolute atomic E-state index is 0.116. The van der Waals surface area contributed by atoms with Crippen molar-refractivity contribution < 1.29 is 28.8 Å². The predicted octanol–water partition coefficient (Wildman–Crippen LogP) is 3.85. The van der Waals surface area contributed by atoms with Gasteiger partial charge in [-0.1, -0.05) is 50.1 Å². The molecule has 0 bridgehead atoms. The third-order valence-corrected chi connectivity index (χ3v) is 5.87. The Kier molecular flexibility index (Phi) is 12.2. The van der Waals surface area contributed by atoms with Gasteiger partial charge in [-0.3, -0.25) is 24.5 Å². The van der Waals surface area contributed by atoms with Crippen molar-refractivity contribution in [2.75, 3.05) is 5.32 Å². The molecule has 0 unspecified atom stereocenters. The first-order valence-electron chi connectivity index (χ1n) is 13.5. The largest absolute Gasteiger partial charge is 0.444 e. The van der Waals surface area contributed by atoms with Gasteiger partial charge in [-0.05, 0) is 51.8 Å². The number of amides is 4. The van der Waals surface area contributed by atoms with Crippen LogP contribution in [0.4, 0.5) is 16.2 Å². The Balaban J connectivity index is 2.08. The monoisotopic (exact) mass is 569 g/mol. The van der Waals surface area contributed by atoms with Crippen LogP contribution in [0.1, 0.15) is 59.4 Å². The van der Waals surface area contributed by atoms with Crippen molar-refractivity contribution in [3.63, 3.8) is 0 Å². The number of hydrogen-bond acceptors (Lipinski definition) is 7. The van der Waals surface area contributed by atoms with Crippen LogP contribution in [0.5, 0.6) is 0 Å². The summed E-state index contributed by atoms with van der Waals surface area (Å²) in [6, 6.07) is 11.5. The molecule has 2 rings (SSSR count). The molecule has 222 valence electrons. The average molecular weight is 570 g/mol. The summed E-state index contributed by atoms with van der Waals surface area (Å²) in [7, 11) is 0. The lowest BCUT2D eigenvalue weighted by molar-refractivity contribution is -0.384. The molecule has 0 spiro atoms. The average Bonchev–Trinajstić information content (AvgIpc) is 2.90. The summed E-state index contributed by atoms with van der Waals surface area (Å²) >= 11 is 0. The van der Waals surface area contributed by atoms with Gasteiger partial charge in [0.15, 0.2) is 0 Å².